The highest BCUT2D eigenvalue weighted by Gasteiger charge is 2.16. The van der Waals surface area contributed by atoms with E-state index in [0.717, 1.165) is 58.8 Å². The molecule has 0 spiro atoms. The van der Waals surface area contributed by atoms with Crippen LogP contribution in [0.25, 0.3) is 10.1 Å². The van der Waals surface area contributed by atoms with Crippen molar-refractivity contribution in [3.05, 3.63) is 59.0 Å². The highest BCUT2D eigenvalue weighted by Crippen LogP contribution is 2.30. The van der Waals surface area contributed by atoms with Gasteiger partial charge in [0.15, 0.2) is 0 Å². The second kappa shape index (κ2) is 8.78. The van der Waals surface area contributed by atoms with E-state index in [0.29, 0.717) is 5.92 Å². The Kier molecular flexibility index (Phi) is 6.11. The van der Waals surface area contributed by atoms with Crippen LogP contribution < -0.4 is 16.0 Å². The molecule has 3 N–H and O–H groups in total. The molecule has 0 aliphatic carbocycles. The van der Waals surface area contributed by atoms with Gasteiger partial charge in [0, 0.05) is 22.6 Å². The average molecular weight is 422 g/mol. The van der Waals surface area contributed by atoms with Gasteiger partial charge in [-0.3, -0.25) is 4.79 Å². The minimum atomic E-state index is 0.0435. The van der Waals surface area contributed by atoms with Crippen LogP contribution in [0, 0.1) is 5.92 Å². The monoisotopic (exact) mass is 421 g/mol. The first kappa shape index (κ1) is 20.9. The number of hydrogen-bond acceptors (Lipinski definition) is 4. The Morgan fingerprint density at radius 1 is 1.03 bits per heavy atom. The number of nitrogens with one attached hydrogen (secondary N) is 3. The van der Waals surface area contributed by atoms with Crippen LogP contribution in [0.4, 0.5) is 11.4 Å². The predicted octanol–water partition coefficient (Wildman–Crippen LogP) is 5.67. The van der Waals surface area contributed by atoms with Crippen LogP contribution in [0.2, 0.25) is 0 Å². The Morgan fingerprint density at radius 2 is 1.73 bits per heavy atom. The number of rotatable bonds is 5. The standard InChI is InChI=1S/C25H31N3OS/c1-25(2,3)19-4-6-20(7-5-19)28-21-8-9-22-18(14-21)15-23(30-22)24(29)27-16-17-10-12-26-13-11-17/h4-9,14-15,17,26,28H,10-13,16H2,1-3H3,(H,27,29). The van der Waals surface area contributed by atoms with Gasteiger partial charge in [0.2, 0.25) is 0 Å². The van der Waals surface area contributed by atoms with Crippen molar-refractivity contribution in [3.63, 3.8) is 0 Å². The number of fused-ring (bicyclic) bond motifs is 1. The van der Waals surface area contributed by atoms with E-state index in [4.69, 9.17) is 0 Å². The molecule has 4 rings (SSSR count). The number of hydrogen-bond donors (Lipinski definition) is 3. The van der Waals surface area contributed by atoms with E-state index in [1.54, 1.807) is 11.3 Å². The van der Waals surface area contributed by atoms with E-state index in [-0.39, 0.29) is 11.3 Å². The molecule has 0 unspecified atom stereocenters. The van der Waals surface area contributed by atoms with Gasteiger partial charge in [-0.2, -0.15) is 0 Å². The minimum absolute atomic E-state index is 0.0435. The van der Waals surface area contributed by atoms with Crippen molar-refractivity contribution >= 4 is 38.7 Å². The zero-order valence-electron chi connectivity index (χ0n) is 18.0. The number of amides is 1. The van der Waals surface area contributed by atoms with Crippen LogP contribution >= 0.6 is 11.3 Å². The lowest BCUT2D eigenvalue weighted by Gasteiger charge is -2.22. The average Bonchev–Trinajstić information content (AvgIpc) is 3.16. The fraction of sp³-hybridized carbons (Fsp3) is 0.400. The fourth-order valence-corrected chi connectivity index (χ4v) is 4.82. The number of anilines is 2. The molecule has 2 heterocycles. The lowest BCUT2D eigenvalue weighted by molar-refractivity contribution is 0.0948. The van der Waals surface area contributed by atoms with Gasteiger partial charge < -0.3 is 16.0 Å². The van der Waals surface area contributed by atoms with Gasteiger partial charge in [-0.15, -0.1) is 11.3 Å². The van der Waals surface area contributed by atoms with Crippen LogP contribution in [0.1, 0.15) is 48.8 Å². The summed E-state index contributed by atoms with van der Waals surface area (Å²) in [6.45, 7) is 9.54. The van der Waals surface area contributed by atoms with Crippen molar-refractivity contribution in [2.75, 3.05) is 25.0 Å². The van der Waals surface area contributed by atoms with Gasteiger partial charge in [0.1, 0.15) is 0 Å². The summed E-state index contributed by atoms with van der Waals surface area (Å²) in [4.78, 5) is 13.4. The Labute approximate surface area is 183 Å². The Balaban J connectivity index is 1.42. The quantitative estimate of drug-likeness (QED) is 0.497. The Hall–Kier alpha value is -2.37. The van der Waals surface area contributed by atoms with Crippen molar-refractivity contribution in [1.82, 2.24) is 10.6 Å². The molecule has 1 aromatic heterocycles. The van der Waals surface area contributed by atoms with Crippen molar-refractivity contribution in [2.45, 2.75) is 39.0 Å². The summed E-state index contributed by atoms with van der Waals surface area (Å²) in [5, 5.41) is 11.1. The summed E-state index contributed by atoms with van der Waals surface area (Å²) in [6.07, 6.45) is 2.27. The number of benzene rings is 2. The van der Waals surface area contributed by atoms with Crippen molar-refractivity contribution < 1.29 is 4.79 Å². The van der Waals surface area contributed by atoms with E-state index >= 15 is 0 Å². The molecule has 158 valence electrons. The third kappa shape index (κ3) is 5.02. The molecule has 1 aliphatic heterocycles. The van der Waals surface area contributed by atoms with Gasteiger partial charge in [0.25, 0.3) is 5.91 Å². The second-order valence-corrected chi connectivity index (χ2v) is 10.3. The molecular formula is C25H31N3OS. The largest absolute Gasteiger partial charge is 0.356 e. The normalized spacial score (nSPS) is 15.3. The summed E-state index contributed by atoms with van der Waals surface area (Å²) in [7, 11) is 0. The molecule has 1 saturated heterocycles. The van der Waals surface area contributed by atoms with Crippen molar-refractivity contribution in [1.29, 1.82) is 0 Å². The first-order valence-corrected chi connectivity index (χ1v) is 11.6. The maximum Gasteiger partial charge on any atom is 0.261 e. The number of piperidine rings is 1. The first-order chi connectivity index (χ1) is 14.4. The first-order valence-electron chi connectivity index (χ1n) is 10.8. The molecule has 2 aromatic carbocycles. The summed E-state index contributed by atoms with van der Waals surface area (Å²) in [5.74, 6) is 0.632. The van der Waals surface area contributed by atoms with Crippen molar-refractivity contribution in [2.24, 2.45) is 5.92 Å². The topological polar surface area (TPSA) is 53.2 Å². The predicted molar refractivity (Wildman–Crippen MR) is 128 cm³/mol. The van der Waals surface area contributed by atoms with E-state index < -0.39 is 0 Å². The molecule has 0 atom stereocenters. The van der Waals surface area contributed by atoms with Gasteiger partial charge >= 0.3 is 0 Å². The number of carbonyl (C=O) groups excluding carboxylic acids is 1. The second-order valence-electron chi connectivity index (χ2n) is 9.22. The summed E-state index contributed by atoms with van der Waals surface area (Å²) >= 11 is 1.56. The molecule has 5 heteroatoms. The number of thiophene rings is 1. The third-order valence-corrected chi connectivity index (χ3v) is 6.90. The number of carbonyl (C=O) groups is 1. The van der Waals surface area contributed by atoms with Crippen LogP contribution in [-0.2, 0) is 5.41 Å². The lowest BCUT2D eigenvalue weighted by Crippen LogP contribution is -2.35. The van der Waals surface area contributed by atoms with Crippen molar-refractivity contribution in [3.8, 4) is 0 Å². The Morgan fingerprint density at radius 3 is 2.43 bits per heavy atom. The zero-order valence-corrected chi connectivity index (χ0v) is 18.9. The molecule has 0 saturated carbocycles. The molecule has 0 radical (unpaired) electrons. The zero-order chi connectivity index (χ0) is 21.1. The smallest absolute Gasteiger partial charge is 0.261 e. The minimum Gasteiger partial charge on any atom is -0.356 e. The van der Waals surface area contributed by atoms with E-state index in [2.05, 4.69) is 79.2 Å². The summed E-state index contributed by atoms with van der Waals surface area (Å²) in [5.41, 5.74) is 3.57. The maximum atomic E-state index is 12.6. The molecule has 1 amide bonds. The van der Waals surface area contributed by atoms with Crippen LogP contribution in [0.3, 0.4) is 0 Å². The van der Waals surface area contributed by atoms with Crippen LogP contribution in [0.5, 0.6) is 0 Å². The van der Waals surface area contributed by atoms with Gasteiger partial charge in [-0.05, 0) is 84.6 Å². The summed E-state index contributed by atoms with van der Waals surface area (Å²) in [6, 6.07) is 16.9. The van der Waals surface area contributed by atoms with Gasteiger partial charge in [-0.25, -0.2) is 0 Å². The molecule has 3 aromatic rings. The SMILES string of the molecule is CC(C)(C)c1ccc(Nc2ccc3sc(C(=O)NCC4CCNCC4)cc3c2)cc1. The highest BCUT2D eigenvalue weighted by molar-refractivity contribution is 7.20. The third-order valence-electron chi connectivity index (χ3n) is 5.79. The molecule has 1 fully saturated rings. The maximum absolute atomic E-state index is 12.6. The molecule has 1 aliphatic rings. The lowest BCUT2D eigenvalue weighted by atomic mass is 9.87. The van der Waals surface area contributed by atoms with Gasteiger partial charge in [-0.1, -0.05) is 32.9 Å². The highest BCUT2D eigenvalue weighted by atomic mass is 32.1. The van der Waals surface area contributed by atoms with E-state index in [1.165, 1.54) is 5.56 Å². The fourth-order valence-electron chi connectivity index (χ4n) is 3.86. The summed E-state index contributed by atoms with van der Waals surface area (Å²) < 4.78 is 1.13. The molecule has 4 nitrogen and oxygen atoms in total. The Bertz CT molecular complexity index is 1010. The van der Waals surface area contributed by atoms with E-state index in [1.807, 2.05) is 6.07 Å². The molecular weight excluding hydrogens is 390 g/mol. The molecule has 30 heavy (non-hydrogen) atoms. The van der Waals surface area contributed by atoms with Crippen LogP contribution in [0.15, 0.2) is 48.5 Å². The van der Waals surface area contributed by atoms with Crippen LogP contribution in [-0.4, -0.2) is 25.5 Å². The molecule has 0 bridgehead atoms. The van der Waals surface area contributed by atoms with Gasteiger partial charge in [0.05, 0.1) is 4.88 Å². The van der Waals surface area contributed by atoms with E-state index in [9.17, 15) is 4.79 Å².